The largest absolute Gasteiger partial charge is 0.430 e. The third-order valence-electron chi connectivity index (χ3n) is 6.41. The van der Waals surface area contributed by atoms with Crippen molar-refractivity contribution in [3.63, 3.8) is 0 Å². The minimum absolute atomic E-state index is 0.123. The Kier molecular flexibility index (Phi) is 9.13. The number of alkyl halides is 6. The van der Waals surface area contributed by atoms with E-state index in [0.29, 0.717) is 30.1 Å². The van der Waals surface area contributed by atoms with Gasteiger partial charge in [-0.15, -0.1) is 0 Å². The first-order valence-corrected chi connectivity index (χ1v) is 12.0. The highest BCUT2D eigenvalue weighted by Gasteiger charge is 2.73. The molecule has 1 aromatic carbocycles. The first kappa shape index (κ1) is 31.3. The maximum absolute atomic E-state index is 14.0. The quantitative estimate of drug-likeness (QED) is 0.381. The summed E-state index contributed by atoms with van der Waals surface area (Å²) in [5.74, 6) is -2.38. The molecule has 12 heteroatoms. The number of hydrogen-bond donors (Lipinski definition) is 0. The van der Waals surface area contributed by atoms with Crippen LogP contribution in [0.2, 0.25) is 0 Å². The van der Waals surface area contributed by atoms with E-state index in [4.69, 9.17) is 0 Å². The molecule has 0 saturated heterocycles. The summed E-state index contributed by atoms with van der Waals surface area (Å²) in [4.78, 5) is 27.4. The Bertz CT molecular complexity index is 1170. The topological polar surface area (TPSA) is 64.4 Å². The van der Waals surface area contributed by atoms with Gasteiger partial charge in [0.1, 0.15) is 0 Å². The Morgan fingerprint density at radius 1 is 1.03 bits per heavy atom. The number of anilines is 1. The minimum Gasteiger partial charge on any atom is -0.357 e. The minimum atomic E-state index is -5.84. The van der Waals surface area contributed by atoms with Crippen LogP contribution in [-0.2, 0) is 39.8 Å². The third-order valence-corrected chi connectivity index (χ3v) is 6.41. The number of halogens is 6. The first-order valence-electron chi connectivity index (χ1n) is 12.0. The van der Waals surface area contributed by atoms with Crippen LogP contribution in [0.3, 0.4) is 0 Å². The number of rotatable bonds is 8. The van der Waals surface area contributed by atoms with Gasteiger partial charge in [0.15, 0.2) is 0 Å². The highest BCUT2D eigenvalue weighted by Crippen LogP contribution is 2.54. The van der Waals surface area contributed by atoms with Crippen molar-refractivity contribution in [3.05, 3.63) is 46.3 Å². The van der Waals surface area contributed by atoms with Gasteiger partial charge in [-0.1, -0.05) is 33.8 Å². The standard InChI is InChI=1S/C26H33F6N3O3/c1-14(2)11-18-12-19(9-10-21(18)24(38-8,25(27,28)29)26(30,31)32)35(23(37)15(3)4)22(36)13-20-16(5)33-34(7)17(20)6/h9-10,12,14-15H,11,13H2,1-8H3. The van der Waals surface area contributed by atoms with Gasteiger partial charge in [0, 0.05) is 36.9 Å². The van der Waals surface area contributed by atoms with E-state index in [-0.39, 0.29) is 30.0 Å². The zero-order chi connectivity index (χ0) is 29.4. The Morgan fingerprint density at radius 2 is 1.58 bits per heavy atom. The van der Waals surface area contributed by atoms with Crippen molar-refractivity contribution in [2.45, 2.75) is 72.3 Å². The number of benzene rings is 1. The van der Waals surface area contributed by atoms with Crippen LogP contribution >= 0.6 is 0 Å². The molecule has 0 aliphatic carbocycles. The fraction of sp³-hybridized carbons (Fsp3) is 0.577. The molecule has 0 aliphatic rings. The van der Waals surface area contributed by atoms with Gasteiger partial charge in [0.2, 0.25) is 11.8 Å². The zero-order valence-corrected chi connectivity index (χ0v) is 22.6. The van der Waals surface area contributed by atoms with E-state index in [9.17, 15) is 35.9 Å². The van der Waals surface area contributed by atoms with Gasteiger partial charge >= 0.3 is 12.4 Å². The summed E-state index contributed by atoms with van der Waals surface area (Å²) in [6.07, 6.45) is -12.1. The van der Waals surface area contributed by atoms with E-state index in [1.807, 2.05) is 0 Å². The van der Waals surface area contributed by atoms with Crippen LogP contribution in [0.4, 0.5) is 32.0 Å². The van der Waals surface area contributed by atoms with Crippen molar-refractivity contribution in [1.29, 1.82) is 0 Å². The maximum Gasteiger partial charge on any atom is 0.430 e. The van der Waals surface area contributed by atoms with Gasteiger partial charge < -0.3 is 4.74 Å². The molecule has 212 valence electrons. The second kappa shape index (κ2) is 11.1. The van der Waals surface area contributed by atoms with Gasteiger partial charge in [-0.25, -0.2) is 0 Å². The number of carbonyl (C=O) groups is 2. The van der Waals surface area contributed by atoms with E-state index in [1.54, 1.807) is 39.4 Å². The van der Waals surface area contributed by atoms with Crippen LogP contribution in [-0.4, -0.2) is 41.1 Å². The molecular formula is C26H33F6N3O3. The molecule has 0 saturated carbocycles. The lowest BCUT2D eigenvalue weighted by molar-refractivity contribution is -0.383. The number of hydrogen-bond acceptors (Lipinski definition) is 4. The lowest BCUT2D eigenvalue weighted by Crippen LogP contribution is -2.56. The molecule has 2 amide bonds. The molecule has 38 heavy (non-hydrogen) atoms. The molecule has 0 atom stereocenters. The number of methoxy groups -OCH3 is 1. The van der Waals surface area contributed by atoms with E-state index >= 15 is 0 Å². The van der Waals surface area contributed by atoms with E-state index in [0.717, 1.165) is 17.0 Å². The molecule has 1 aromatic heterocycles. The van der Waals surface area contributed by atoms with Crippen molar-refractivity contribution in [2.24, 2.45) is 18.9 Å². The number of aryl methyl sites for hydroxylation is 2. The summed E-state index contributed by atoms with van der Waals surface area (Å²) in [6, 6.07) is 2.61. The van der Waals surface area contributed by atoms with Crippen LogP contribution in [0.1, 0.15) is 55.8 Å². The normalized spacial score (nSPS) is 12.9. The molecule has 0 aliphatic heterocycles. The average Bonchev–Trinajstić information content (AvgIpc) is 2.99. The summed E-state index contributed by atoms with van der Waals surface area (Å²) < 4.78 is 90.0. The summed E-state index contributed by atoms with van der Waals surface area (Å²) in [6.45, 7) is 9.76. The second-order valence-electron chi connectivity index (χ2n) is 9.99. The molecule has 0 spiro atoms. The second-order valence-corrected chi connectivity index (χ2v) is 9.99. The highest BCUT2D eigenvalue weighted by atomic mass is 19.4. The maximum atomic E-state index is 14.0. The van der Waals surface area contributed by atoms with Gasteiger partial charge in [-0.05, 0) is 43.9 Å². The van der Waals surface area contributed by atoms with Crippen molar-refractivity contribution >= 4 is 17.5 Å². The molecule has 0 unspecified atom stereocenters. The Labute approximate surface area is 217 Å². The fourth-order valence-corrected chi connectivity index (χ4v) is 4.43. The first-order chi connectivity index (χ1) is 17.3. The van der Waals surface area contributed by atoms with Crippen molar-refractivity contribution in [2.75, 3.05) is 12.0 Å². The van der Waals surface area contributed by atoms with Crippen LogP contribution in [0.25, 0.3) is 0 Å². The van der Waals surface area contributed by atoms with E-state index in [2.05, 4.69) is 9.84 Å². The number of aromatic nitrogens is 2. The van der Waals surface area contributed by atoms with Crippen LogP contribution in [0.5, 0.6) is 0 Å². The molecule has 1 heterocycles. The molecule has 6 nitrogen and oxygen atoms in total. The highest BCUT2D eigenvalue weighted by molar-refractivity contribution is 6.16. The molecule has 0 fully saturated rings. The summed E-state index contributed by atoms with van der Waals surface area (Å²) in [7, 11) is 2.04. The Hall–Kier alpha value is -2.89. The van der Waals surface area contributed by atoms with Crippen molar-refractivity contribution in [3.8, 4) is 0 Å². The molecule has 0 bridgehead atoms. The fourth-order valence-electron chi connectivity index (χ4n) is 4.43. The van der Waals surface area contributed by atoms with Gasteiger partial charge in [-0.2, -0.15) is 31.4 Å². The van der Waals surface area contributed by atoms with Crippen molar-refractivity contribution in [1.82, 2.24) is 9.78 Å². The predicted molar refractivity (Wildman–Crippen MR) is 129 cm³/mol. The van der Waals surface area contributed by atoms with Crippen LogP contribution in [0, 0.1) is 25.7 Å². The monoisotopic (exact) mass is 549 g/mol. The summed E-state index contributed by atoms with van der Waals surface area (Å²) in [5, 5.41) is 4.25. The van der Waals surface area contributed by atoms with E-state index in [1.165, 1.54) is 13.8 Å². The Balaban J connectivity index is 2.79. The molecule has 0 N–H and O–H groups in total. The Morgan fingerprint density at radius 3 is 1.97 bits per heavy atom. The molecular weight excluding hydrogens is 516 g/mol. The number of imide groups is 1. The lowest BCUT2D eigenvalue weighted by Gasteiger charge is -2.38. The van der Waals surface area contributed by atoms with Gasteiger partial charge in [0.25, 0.3) is 5.60 Å². The zero-order valence-electron chi connectivity index (χ0n) is 22.6. The van der Waals surface area contributed by atoms with E-state index < -0.39 is 41.2 Å². The lowest BCUT2D eigenvalue weighted by atomic mass is 9.84. The predicted octanol–water partition coefficient (Wildman–Crippen LogP) is 5.96. The molecule has 2 aromatic rings. The van der Waals surface area contributed by atoms with Gasteiger partial charge in [0.05, 0.1) is 17.8 Å². The number of carbonyl (C=O) groups excluding carboxylic acids is 2. The summed E-state index contributed by atoms with van der Waals surface area (Å²) >= 11 is 0. The number of nitrogens with zero attached hydrogens (tertiary/aromatic N) is 3. The average molecular weight is 550 g/mol. The summed E-state index contributed by atoms with van der Waals surface area (Å²) in [5.41, 5.74) is -4.37. The molecule has 2 rings (SSSR count). The number of ether oxygens (including phenoxy) is 1. The molecule has 0 radical (unpaired) electrons. The third kappa shape index (κ3) is 5.74. The van der Waals surface area contributed by atoms with Crippen molar-refractivity contribution < 1.29 is 40.7 Å². The van der Waals surface area contributed by atoms with Gasteiger partial charge in [-0.3, -0.25) is 19.2 Å². The van der Waals surface area contributed by atoms with Crippen LogP contribution in [0.15, 0.2) is 18.2 Å². The van der Waals surface area contributed by atoms with Crippen LogP contribution < -0.4 is 4.90 Å². The number of amides is 2. The smallest absolute Gasteiger partial charge is 0.357 e. The SMILES string of the molecule is COC(c1ccc(N(C(=O)Cc2c(C)nn(C)c2C)C(=O)C(C)C)cc1CC(C)C)(C(F)(F)F)C(F)(F)F.